The minimum absolute atomic E-state index is 0.00169. The van der Waals surface area contributed by atoms with Gasteiger partial charge in [-0.05, 0) is 67.7 Å². The topological polar surface area (TPSA) is 400 Å². The van der Waals surface area contributed by atoms with Gasteiger partial charge in [-0.3, -0.25) is 43.3 Å². The van der Waals surface area contributed by atoms with Crippen LogP contribution in [0.3, 0.4) is 0 Å². The van der Waals surface area contributed by atoms with E-state index in [-0.39, 0.29) is 76.3 Å². The molecule has 5 rings (SSSR count). The predicted octanol–water partition coefficient (Wildman–Crippen LogP) is -1.46. The van der Waals surface area contributed by atoms with Crippen LogP contribution in [0.5, 0.6) is 5.75 Å². The minimum Gasteiger partial charge on any atom is -0.508 e. The Bertz CT molecular complexity index is 2490. The van der Waals surface area contributed by atoms with E-state index >= 15 is 0 Å². The number of amides is 7. The molecule has 2 aliphatic heterocycles. The first kappa shape index (κ1) is 57.8. The van der Waals surface area contributed by atoms with E-state index in [1.165, 1.54) is 34.5 Å². The molecule has 406 valence electrons. The van der Waals surface area contributed by atoms with Crippen LogP contribution in [-0.4, -0.2) is 162 Å². The number of aromatic nitrogens is 2. The number of aromatic hydroxyl groups is 1. The maximum Gasteiger partial charge on any atom is 0.326 e. The zero-order valence-corrected chi connectivity index (χ0v) is 42.0. The van der Waals surface area contributed by atoms with Crippen LogP contribution < -0.4 is 43.8 Å². The predicted molar refractivity (Wildman–Crippen MR) is 271 cm³/mol. The number of carbonyl (C=O) groups excluding carboxylic acids is 7. The van der Waals surface area contributed by atoms with E-state index < -0.39 is 114 Å². The molecule has 0 unspecified atom stereocenters. The number of nitrogens with zero attached hydrogens (tertiary/aromatic N) is 4. The number of phenols is 1. The summed E-state index contributed by atoms with van der Waals surface area (Å²) in [6, 6.07) is 4.40. The zero-order chi connectivity index (χ0) is 54.8. The lowest BCUT2D eigenvalue weighted by Gasteiger charge is -2.32. The first-order chi connectivity index (χ1) is 35.8. The SMILES string of the molecule is CC[C@H](C)[C@H](NC(=O)[C@H](Cc1ccc(O)cc1)NC(=O)[C@@H]1CCCN1C(=O)[C@H](CCCN=C(N)N)NC(=O)[C@@H](N)CC(=O)O)C(=O)N[C@@H](Cc1cnc[nH]1)C(=O)N1CCC[C@H]1C(=O)N[C@@H](Cc1ccccc1)C(=O)O. The molecule has 0 saturated carbocycles. The first-order valence-electron chi connectivity index (χ1n) is 24.9. The Hall–Kier alpha value is -8.09. The van der Waals surface area contributed by atoms with Gasteiger partial charge in [-0.2, -0.15) is 0 Å². The van der Waals surface area contributed by atoms with Crippen LogP contribution in [-0.2, 0) is 62.4 Å². The van der Waals surface area contributed by atoms with Crippen LogP contribution >= 0.6 is 0 Å². The second-order valence-electron chi connectivity index (χ2n) is 18.8. The average molecular weight is 1040 g/mol. The number of carboxylic acid groups (broad SMARTS) is 2. The van der Waals surface area contributed by atoms with Crippen LogP contribution in [0.15, 0.2) is 72.1 Å². The number of H-pyrrole nitrogens is 1. The number of imidazole rings is 1. The van der Waals surface area contributed by atoms with Crippen molar-refractivity contribution in [3.63, 3.8) is 0 Å². The normalized spacial score (nSPS) is 18.0. The van der Waals surface area contributed by atoms with Crippen LogP contribution in [0, 0.1) is 5.92 Å². The van der Waals surface area contributed by atoms with Crippen molar-refractivity contribution < 1.29 is 58.5 Å². The quantitative estimate of drug-likeness (QED) is 0.0236. The number of hydrogen-bond acceptors (Lipinski definition) is 13. The highest BCUT2D eigenvalue weighted by atomic mass is 16.4. The standard InChI is InChI=1S/C50H69N13O12/c1-3-28(2)41(46(71)59-36(24-31-26-54-27-56-31)48(73)63-21-9-14-39(63)45(70)60-37(49(74)75)23-29-10-5-4-6-11-29)61-43(68)35(22-30-15-17-32(64)18-16-30)58-44(69)38-13-8-20-62(38)47(72)34(12-7-19-55-50(52)53)57-42(67)33(51)25-40(65)66/h4-6,10-11,15-18,26-28,33-39,41,64H,3,7-9,12-14,19-25,51H2,1-2H3,(H,54,56)(H,57,67)(H,58,69)(H,59,71)(H,60,70)(H,61,68)(H,65,66)(H,74,75)(H4,52,53,55)/t28-,33-,34-,35-,36-,37-,38-,39-,41-/m0/s1. The number of aliphatic carboxylic acids is 2. The summed E-state index contributed by atoms with van der Waals surface area (Å²) in [5.74, 6) is -8.59. The molecule has 75 heavy (non-hydrogen) atoms. The Morgan fingerprint density at radius 3 is 1.87 bits per heavy atom. The smallest absolute Gasteiger partial charge is 0.326 e. The molecule has 3 aromatic rings. The third-order valence-corrected chi connectivity index (χ3v) is 13.3. The van der Waals surface area contributed by atoms with Gasteiger partial charge < -0.3 is 73.9 Å². The number of carboxylic acids is 2. The Balaban J connectivity index is 1.36. The first-order valence-corrected chi connectivity index (χ1v) is 24.9. The Kier molecular flexibility index (Phi) is 21.4. The molecule has 7 amide bonds. The van der Waals surface area contributed by atoms with Crippen molar-refractivity contribution in [2.24, 2.45) is 28.1 Å². The Morgan fingerprint density at radius 1 is 0.733 bits per heavy atom. The van der Waals surface area contributed by atoms with Crippen molar-refractivity contribution in [3.8, 4) is 5.75 Å². The fourth-order valence-electron chi connectivity index (χ4n) is 9.02. The van der Waals surface area contributed by atoms with Gasteiger partial charge >= 0.3 is 11.9 Å². The van der Waals surface area contributed by atoms with Crippen molar-refractivity contribution in [2.75, 3.05) is 19.6 Å². The van der Waals surface area contributed by atoms with E-state index in [0.717, 1.165) is 0 Å². The van der Waals surface area contributed by atoms with Gasteiger partial charge in [-0.1, -0.05) is 62.7 Å². The number of guanidine groups is 1. The highest BCUT2D eigenvalue weighted by molar-refractivity contribution is 5.98. The molecule has 2 aliphatic rings. The highest BCUT2D eigenvalue weighted by Crippen LogP contribution is 2.23. The van der Waals surface area contributed by atoms with E-state index in [1.54, 1.807) is 56.3 Å². The number of phenolic OH excluding ortho intramolecular Hbond substituents is 1. The van der Waals surface area contributed by atoms with Crippen molar-refractivity contribution in [1.29, 1.82) is 0 Å². The van der Waals surface area contributed by atoms with Gasteiger partial charge in [0.25, 0.3) is 0 Å². The lowest BCUT2D eigenvalue weighted by atomic mass is 9.96. The third kappa shape index (κ3) is 17.0. The zero-order valence-electron chi connectivity index (χ0n) is 42.0. The molecule has 1 aromatic heterocycles. The summed E-state index contributed by atoms with van der Waals surface area (Å²) < 4.78 is 0. The molecule has 0 radical (unpaired) electrons. The minimum atomic E-state index is -1.49. The molecular weight excluding hydrogens is 975 g/mol. The van der Waals surface area contributed by atoms with Crippen LogP contribution in [0.25, 0.3) is 0 Å². The van der Waals surface area contributed by atoms with Crippen molar-refractivity contribution >= 4 is 59.2 Å². The summed E-state index contributed by atoms with van der Waals surface area (Å²) in [6.07, 6.45) is 3.62. The lowest BCUT2D eigenvalue weighted by molar-refractivity contribution is -0.145. The lowest BCUT2D eigenvalue weighted by Crippen LogP contribution is -2.61. The maximum absolute atomic E-state index is 14.6. The fraction of sp³-hybridized carbons (Fsp3) is 0.500. The van der Waals surface area contributed by atoms with Gasteiger partial charge in [0.05, 0.1) is 18.8 Å². The number of aromatic amines is 1. The van der Waals surface area contributed by atoms with Gasteiger partial charge in [-0.25, -0.2) is 9.78 Å². The molecule has 0 bridgehead atoms. The number of carbonyl (C=O) groups is 9. The summed E-state index contributed by atoms with van der Waals surface area (Å²) in [4.78, 5) is 136. The summed E-state index contributed by atoms with van der Waals surface area (Å²) >= 11 is 0. The van der Waals surface area contributed by atoms with Gasteiger partial charge in [0.2, 0.25) is 41.4 Å². The van der Waals surface area contributed by atoms with Crippen LogP contribution in [0.4, 0.5) is 0 Å². The molecule has 3 heterocycles. The largest absolute Gasteiger partial charge is 0.508 e. The summed E-state index contributed by atoms with van der Waals surface area (Å²) in [6.45, 7) is 3.80. The molecule has 2 fully saturated rings. The van der Waals surface area contributed by atoms with E-state index in [4.69, 9.17) is 17.2 Å². The second kappa shape index (κ2) is 27.8. The second-order valence-corrected chi connectivity index (χ2v) is 18.8. The van der Waals surface area contributed by atoms with Gasteiger partial charge in [0, 0.05) is 50.8 Å². The van der Waals surface area contributed by atoms with Crippen molar-refractivity contribution in [2.45, 2.75) is 133 Å². The third-order valence-electron chi connectivity index (χ3n) is 13.3. The van der Waals surface area contributed by atoms with E-state index in [9.17, 15) is 58.5 Å². The highest BCUT2D eigenvalue weighted by Gasteiger charge is 2.42. The monoisotopic (exact) mass is 1040 g/mol. The van der Waals surface area contributed by atoms with Gasteiger partial charge in [0.15, 0.2) is 5.96 Å². The van der Waals surface area contributed by atoms with Crippen LogP contribution in [0.1, 0.15) is 82.0 Å². The molecule has 0 spiro atoms. The molecular formula is C50H69N13O12. The van der Waals surface area contributed by atoms with Crippen molar-refractivity contribution in [3.05, 3.63) is 83.9 Å². The summed E-state index contributed by atoms with van der Waals surface area (Å²) in [7, 11) is 0. The molecule has 15 N–H and O–H groups in total. The fourth-order valence-corrected chi connectivity index (χ4v) is 9.02. The molecule has 9 atom stereocenters. The molecule has 25 nitrogen and oxygen atoms in total. The summed E-state index contributed by atoms with van der Waals surface area (Å²) in [5.41, 5.74) is 18.4. The maximum atomic E-state index is 14.6. The number of aliphatic imine (C=N–C) groups is 1. The summed E-state index contributed by atoms with van der Waals surface area (Å²) in [5, 5.41) is 42.7. The van der Waals surface area contributed by atoms with E-state index in [0.29, 0.717) is 36.1 Å². The van der Waals surface area contributed by atoms with Crippen molar-refractivity contribution in [1.82, 2.24) is 46.4 Å². The average Bonchev–Trinajstić information content (AvgIpc) is 4.20. The number of likely N-dealkylation sites (tertiary alicyclic amines) is 2. The molecule has 0 aliphatic carbocycles. The van der Waals surface area contributed by atoms with Gasteiger partial charge in [0.1, 0.15) is 48.0 Å². The number of hydrogen-bond donors (Lipinski definition) is 12. The molecule has 2 aromatic carbocycles. The number of benzene rings is 2. The van der Waals surface area contributed by atoms with Crippen LogP contribution in [0.2, 0.25) is 0 Å². The number of nitrogens with one attached hydrogen (secondary N) is 6. The molecule has 25 heteroatoms. The Morgan fingerprint density at radius 2 is 1.31 bits per heavy atom. The number of nitrogens with two attached hydrogens (primary N) is 3. The number of rotatable bonds is 27. The Labute approximate surface area is 433 Å². The van der Waals surface area contributed by atoms with E-state index in [1.807, 2.05) is 0 Å². The molecule has 2 saturated heterocycles. The van der Waals surface area contributed by atoms with E-state index in [2.05, 4.69) is 41.5 Å². The van der Waals surface area contributed by atoms with Gasteiger partial charge in [-0.15, -0.1) is 0 Å².